The second-order valence-electron chi connectivity index (χ2n) is 28.7. The standard InChI is InChI=1S/C15H23NO4.C15H21NO4.C13H17Br2NO3.C13H20ClNO2.C13H19NO3.C13H21NO3.CH3ClO2S.Al.BHNS.Li.4H/c2*1-3-18-10-12-13(15(17)19-4-2)20-14(16-12)11-8-6-5-7-9-11;1-2-18-11(17)10-9(8-14)16-12(19-10)13(15)6-4-3-5-7-13;1-2-16-9-11-12(8-14)17-13(15-11)10-6-4-3-5-7-10;1-3-16-13(15)11-9(2)14-12(17-11)10-7-5-4-6-8-10;1-2-16-9-11-12(8-15)17-13(14-11)10-6-4-3-5-7-10;1-5(2,3)4;;1-2-3;;;;;/h11H,3-10H2,1-2H3;8H,3-7,9-10H2,1-2H3;2-8H2,1H3;10H,2-9H2,1H3;10H,3-8H2,1-2H3;10,15H,2-9H2,1H3;1H3;;3H;;;;;/q;;;;;;;;;+1;;;;-1. The zero-order valence-electron chi connectivity index (χ0n) is 72.7. The van der Waals surface area contributed by atoms with Gasteiger partial charge in [0.15, 0.2) is 46.7 Å². The monoisotopic (exact) mass is 1900 g/mol. The number of thiol groups is 1. The summed E-state index contributed by atoms with van der Waals surface area (Å²) in [5.41, 5.74) is 5.04. The van der Waals surface area contributed by atoms with Gasteiger partial charge in [0, 0.05) is 71.7 Å². The Bertz CT molecular complexity index is 3970. The van der Waals surface area contributed by atoms with Gasteiger partial charge in [0.05, 0.1) is 70.7 Å². The molecule has 6 aromatic rings. The van der Waals surface area contributed by atoms with Gasteiger partial charge in [0.2, 0.25) is 43.9 Å². The van der Waals surface area contributed by atoms with E-state index in [-0.39, 0.29) is 78.2 Å². The summed E-state index contributed by atoms with van der Waals surface area (Å²) in [5.74, 6) is 6.63. The van der Waals surface area contributed by atoms with Crippen molar-refractivity contribution in [2.45, 2.75) is 321 Å². The van der Waals surface area contributed by atoms with E-state index in [0.29, 0.717) is 160 Å². The predicted octanol–water partition coefficient (Wildman–Crippen LogP) is 17.3. The molecule has 0 atom stereocenters. The third kappa shape index (κ3) is 38.4. The van der Waals surface area contributed by atoms with Gasteiger partial charge in [0.1, 0.15) is 45.2 Å². The maximum atomic E-state index is 11.9. The molecule has 0 saturated heterocycles. The van der Waals surface area contributed by atoms with Gasteiger partial charge in [0.25, 0.3) is 0 Å². The fourth-order valence-corrected chi connectivity index (χ4v) is 15.4. The van der Waals surface area contributed by atoms with Crippen LogP contribution in [0.3, 0.4) is 0 Å². The third-order valence-corrected chi connectivity index (χ3v) is 21.8. The number of rotatable bonds is 29. The number of aliphatic hydroxyl groups is 1. The number of aliphatic hydroxyl groups excluding tert-OH is 1. The molecule has 0 aromatic carbocycles. The van der Waals surface area contributed by atoms with E-state index < -0.39 is 32.9 Å². The summed E-state index contributed by atoms with van der Waals surface area (Å²) in [6.07, 6.45) is 37.1. The minimum absolute atomic E-state index is 0. The second kappa shape index (κ2) is 61.8. The van der Waals surface area contributed by atoms with Crippen LogP contribution in [0.4, 0.5) is 0 Å². The van der Waals surface area contributed by atoms with Crippen LogP contribution in [0, 0.1) is 6.92 Å². The summed E-state index contributed by atoms with van der Waals surface area (Å²) < 4.78 is 96.7. The molecule has 0 bridgehead atoms. The van der Waals surface area contributed by atoms with Crippen LogP contribution in [0.25, 0.3) is 5.57 Å². The molecular weight excluding hydrogens is 1770 g/mol. The molecule has 5 fully saturated rings. The minimum Gasteiger partial charge on any atom is -1.00 e. The van der Waals surface area contributed by atoms with E-state index in [1.807, 2.05) is 27.7 Å². The van der Waals surface area contributed by atoms with Crippen molar-refractivity contribution < 1.29 is 117 Å². The summed E-state index contributed by atoms with van der Waals surface area (Å²) in [4.78, 5) is 74.0. The smallest absolute Gasteiger partial charge is 1.00 e. The number of carbonyl (C=O) groups excluding carboxylic acids is 4. The van der Waals surface area contributed by atoms with Crippen LogP contribution < -0.4 is 18.9 Å². The van der Waals surface area contributed by atoms with E-state index in [4.69, 9.17) is 76.0 Å². The Labute approximate surface area is 766 Å². The van der Waals surface area contributed by atoms with E-state index in [1.54, 1.807) is 34.6 Å². The number of esters is 4. The van der Waals surface area contributed by atoms with Crippen LogP contribution in [-0.4, -0.2) is 151 Å². The third-order valence-electron chi connectivity index (χ3n) is 19.9. The molecule has 6 aliphatic carbocycles. The van der Waals surface area contributed by atoms with Gasteiger partial charge < -0.3 is 70.9 Å². The molecule has 6 aliphatic rings. The van der Waals surface area contributed by atoms with Gasteiger partial charge >= 0.3 is 67.5 Å². The molecule has 120 heavy (non-hydrogen) atoms. The molecule has 1 N–H and O–H groups in total. The topological polar surface area (TPSA) is 365 Å². The quantitative estimate of drug-likeness (QED) is 0.0110. The number of aryl methyl sites for hydroxylation is 1. The molecular formula is C83H129AlBBr2Cl2LiN7O21S2. The molecule has 6 heterocycles. The van der Waals surface area contributed by atoms with Crippen molar-refractivity contribution in [3.05, 3.63) is 110 Å². The first-order valence-corrected chi connectivity index (χ1v) is 47.5. The second-order valence-corrected chi connectivity index (χ2v) is 34.3. The van der Waals surface area contributed by atoms with Crippen molar-refractivity contribution in [1.29, 1.82) is 0 Å². The molecule has 1 radical (unpaired) electrons. The van der Waals surface area contributed by atoms with Crippen LogP contribution in [-0.2, 0) is 95.5 Å². The van der Waals surface area contributed by atoms with Crippen LogP contribution in [0.5, 0.6) is 0 Å². The van der Waals surface area contributed by atoms with Crippen molar-refractivity contribution in [2.24, 2.45) is 4.30 Å². The number of halogens is 4. The summed E-state index contributed by atoms with van der Waals surface area (Å²) in [5, 5.41) is 9.72. The van der Waals surface area contributed by atoms with Crippen molar-refractivity contribution in [1.82, 2.24) is 29.9 Å². The average Bonchev–Trinajstić information content (AvgIpc) is 1.66. The number of ether oxygens (including phenoxy) is 8. The molecule has 6 aromatic heterocycles. The van der Waals surface area contributed by atoms with Gasteiger partial charge in [-0.15, -0.1) is 11.6 Å². The zero-order chi connectivity index (χ0) is 86.3. The number of nitrogens with zero attached hydrogens (tertiary/aromatic N) is 7. The van der Waals surface area contributed by atoms with E-state index in [1.165, 1.54) is 103 Å². The molecule has 0 spiro atoms. The molecule has 12 rings (SSSR count). The Morgan fingerprint density at radius 2 is 0.858 bits per heavy atom. The molecule has 0 unspecified atom stereocenters. The Balaban J connectivity index is 0.000000481. The van der Waals surface area contributed by atoms with Crippen molar-refractivity contribution >= 4 is 130 Å². The Hall–Kier alpha value is -4.49. The molecule has 669 valence electrons. The van der Waals surface area contributed by atoms with Crippen LogP contribution in [0.15, 0.2) is 36.9 Å². The van der Waals surface area contributed by atoms with Gasteiger partial charge in [-0.2, -0.15) is 0 Å². The Kier molecular flexibility index (Phi) is 56.5. The van der Waals surface area contributed by atoms with Crippen LogP contribution in [0.2, 0.25) is 0 Å². The Morgan fingerprint density at radius 1 is 0.517 bits per heavy atom. The first-order chi connectivity index (χ1) is 56.9. The molecule has 28 nitrogen and oxygen atoms in total. The predicted molar refractivity (Wildman–Crippen MR) is 469 cm³/mol. The molecule has 37 heteroatoms. The maximum Gasteiger partial charge on any atom is 1.00 e. The van der Waals surface area contributed by atoms with Crippen LogP contribution >= 0.6 is 67.0 Å². The summed E-state index contributed by atoms with van der Waals surface area (Å²) in [6.45, 7) is 21.8. The maximum absolute atomic E-state index is 11.9. The van der Waals surface area contributed by atoms with Crippen LogP contribution in [0.1, 0.15) is 390 Å². The first kappa shape index (κ1) is 110. The number of oxazole rings is 6. The SMILES string of the molecule is CCOC(=O)c1oc(C2(Br)CCCCC2)nc1CBr.CCOC(=O)c1oc(C2CCCCC2)nc1C.CCOCc1nc(C2=CCCCC2)oc1C(=O)OCC.CCOCc1nc(C2CCCCC2)oc1C(=O)OCC.CCOCc1nc(C2CCCCC2)oc1CCl.CCOCc1nc(C2CCCCC2)oc1CO.CS(=O)(=O)Cl.[AlH3].[B]=NS.[H-].[Li+]. The summed E-state index contributed by atoms with van der Waals surface area (Å²) in [6, 6.07) is 0. The van der Waals surface area contributed by atoms with Gasteiger partial charge in [-0.3, -0.25) is 0 Å². The number of alkyl halides is 3. The molecule has 0 amide bonds. The average molecular weight is 1900 g/mol. The summed E-state index contributed by atoms with van der Waals surface area (Å²) in [7, 11) is 5.64. The van der Waals surface area contributed by atoms with E-state index in [9.17, 15) is 32.7 Å². The summed E-state index contributed by atoms with van der Waals surface area (Å²) >= 11 is 16.1. The first-order valence-electron chi connectivity index (χ1n) is 41.9. The zero-order valence-corrected chi connectivity index (χ0v) is 78.1. The van der Waals surface area contributed by atoms with E-state index in [0.717, 1.165) is 124 Å². The largest absolute Gasteiger partial charge is 1.00 e. The minimum atomic E-state index is -3.19. The van der Waals surface area contributed by atoms with Crippen molar-refractivity contribution in [3.63, 3.8) is 0 Å². The van der Waals surface area contributed by atoms with Gasteiger partial charge in [-0.1, -0.05) is 134 Å². The molecule has 5 saturated carbocycles. The number of aromatic nitrogens is 6. The number of allylic oxidation sites excluding steroid dienone is 2. The number of carbonyl (C=O) groups is 4. The number of hydrogen-bond donors (Lipinski definition) is 2. The Morgan fingerprint density at radius 3 is 1.24 bits per heavy atom. The van der Waals surface area contributed by atoms with E-state index in [2.05, 4.69) is 103 Å². The van der Waals surface area contributed by atoms with E-state index >= 15 is 0 Å². The fourth-order valence-electron chi connectivity index (χ4n) is 14.1. The number of hydrogen-bond acceptors (Lipinski definition) is 29. The van der Waals surface area contributed by atoms with Crippen molar-refractivity contribution in [3.8, 4) is 0 Å². The van der Waals surface area contributed by atoms with Crippen molar-refractivity contribution in [2.75, 3.05) is 59.1 Å². The molecule has 0 aliphatic heterocycles. The van der Waals surface area contributed by atoms with Gasteiger partial charge in [-0.05, 0) is 152 Å². The fraction of sp³-hybridized carbons (Fsp3) is 0.711. The van der Waals surface area contributed by atoms with Gasteiger partial charge in [-0.25, -0.2) is 57.5 Å². The normalized spacial score (nSPS) is 16.1.